The number of carbonyl (C=O) groups is 2. The Morgan fingerprint density at radius 2 is 1.97 bits per heavy atom. The highest BCUT2D eigenvalue weighted by Crippen LogP contribution is 2.44. The van der Waals surface area contributed by atoms with Gasteiger partial charge >= 0.3 is 0 Å². The minimum Gasteiger partial charge on any atom is -0.411 e. The summed E-state index contributed by atoms with van der Waals surface area (Å²) in [4.78, 5) is 30.1. The van der Waals surface area contributed by atoms with Gasteiger partial charge in [-0.2, -0.15) is 0 Å². The number of hydrogen-bond acceptors (Lipinski definition) is 5. The first kappa shape index (κ1) is 23.8. The fourth-order valence-electron chi connectivity index (χ4n) is 5.43. The fourth-order valence-corrected chi connectivity index (χ4v) is 6.80. The monoisotopic (exact) mass is 493 g/mol. The van der Waals surface area contributed by atoms with E-state index in [0.29, 0.717) is 18.7 Å². The lowest BCUT2D eigenvalue weighted by atomic mass is 9.77. The molecule has 3 aromatic rings. The van der Waals surface area contributed by atoms with Crippen molar-refractivity contribution in [2.24, 2.45) is 11.1 Å². The van der Waals surface area contributed by atoms with Crippen molar-refractivity contribution in [3.05, 3.63) is 42.2 Å². The van der Waals surface area contributed by atoms with Crippen LogP contribution in [0.15, 0.2) is 36.7 Å². The summed E-state index contributed by atoms with van der Waals surface area (Å²) in [6.07, 6.45) is 4.74. The molecule has 186 valence electrons. The molecule has 35 heavy (non-hydrogen) atoms. The summed E-state index contributed by atoms with van der Waals surface area (Å²) in [6, 6.07) is 8.04. The number of nitrogens with two attached hydrogens (primary N) is 1. The predicted octanol–water partition coefficient (Wildman–Crippen LogP) is 3.53. The second-order valence-electron chi connectivity index (χ2n) is 11.5. The van der Waals surface area contributed by atoms with Crippen LogP contribution in [0.4, 0.5) is 0 Å². The van der Waals surface area contributed by atoms with E-state index < -0.39 is 19.6 Å². The van der Waals surface area contributed by atoms with Crippen LogP contribution in [0, 0.1) is 5.41 Å². The number of para-hydroxylation sites is 1. The third kappa shape index (κ3) is 3.63. The van der Waals surface area contributed by atoms with Crippen LogP contribution in [0.2, 0.25) is 18.1 Å². The third-order valence-electron chi connectivity index (χ3n) is 8.36. The van der Waals surface area contributed by atoms with Gasteiger partial charge in [0.25, 0.3) is 5.91 Å². The Morgan fingerprint density at radius 3 is 2.69 bits per heavy atom. The van der Waals surface area contributed by atoms with E-state index in [2.05, 4.69) is 53.9 Å². The summed E-state index contributed by atoms with van der Waals surface area (Å²) in [5.41, 5.74) is 7.22. The van der Waals surface area contributed by atoms with Gasteiger partial charge in [-0.05, 0) is 37.0 Å². The molecule has 2 atom stereocenters. The maximum absolute atomic E-state index is 13.4. The molecule has 3 N–H and O–H groups in total. The number of primary amides is 1. The van der Waals surface area contributed by atoms with Crippen molar-refractivity contribution in [2.75, 3.05) is 24.6 Å². The Balaban J connectivity index is 1.63. The molecule has 8 nitrogen and oxygen atoms in total. The SMILES string of the molecule is CC(C)(C)[Si](C)(C)OC1CNC(=O)C12CCCN(n1c3ccccc3c3cncc(C(N)=O)c31)C2. The fraction of sp³-hybridized carbons (Fsp3) is 0.500. The van der Waals surface area contributed by atoms with E-state index in [1.165, 1.54) is 6.20 Å². The summed E-state index contributed by atoms with van der Waals surface area (Å²) >= 11 is 0. The number of fused-ring (bicyclic) bond motifs is 3. The molecule has 2 amide bonds. The molecule has 0 aliphatic carbocycles. The highest BCUT2D eigenvalue weighted by Gasteiger charge is 2.56. The number of hydrogen-bond donors (Lipinski definition) is 2. The quantitative estimate of drug-likeness (QED) is 0.542. The van der Waals surface area contributed by atoms with Crippen LogP contribution in [0.1, 0.15) is 44.0 Å². The average molecular weight is 494 g/mol. The number of benzene rings is 1. The second kappa shape index (κ2) is 8.06. The zero-order chi connectivity index (χ0) is 25.2. The molecule has 2 aliphatic heterocycles. The van der Waals surface area contributed by atoms with Gasteiger partial charge in [0.2, 0.25) is 5.91 Å². The van der Waals surface area contributed by atoms with Gasteiger partial charge in [-0.1, -0.05) is 39.0 Å². The minimum absolute atomic E-state index is 0.0460. The molecule has 5 rings (SSSR count). The average Bonchev–Trinajstić information content (AvgIpc) is 3.28. The normalized spacial score (nSPS) is 23.4. The molecule has 0 radical (unpaired) electrons. The van der Waals surface area contributed by atoms with E-state index in [4.69, 9.17) is 10.2 Å². The zero-order valence-electron chi connectivity index (χ0n) is 21.2. The molecule has 1 spiro atoms. The molecule has 2 unspecified atom stereocenters. The number of aromatic nitrogens is 2. The number of nitrogens with one attached hydrogen (secondary N) is 1. The molecular formula is C26H35N5O3Si. The molecule has 1 aromatic carbocycles. The van der Waals surface area contributed by atoms with Gasteiger partial charge in [-0.25, -0.2) is 0 Å². The molecule has 2 aliphatic rings. The number of rotatable bonds is 4. The van der Waals surface area contributed by atoms with Crippen molar-refractivity contribution in [3.63, 3.8) is 0 Å². The minimum atomic E-state index is -2.10. The number of carbonyl (C=O) groups excluding carboxylic acids is 2. The van der Waals surface area contributed by atoms with E-state index >= 15 is 0 Å². The molecule has 0 saturated carbocycles. The lowest BCUT2D eigenvalue weighted by Crippen LogP contribution is -2.58. The Morgan fingerprint density at radius 1 is 1.23 bits per heavy atom. The standard InChI is InChI=1S/C26H35N5O3Si/c1-25(2,3)35(4,5)34-21-15-29-24(33)26(21)11-8-12-30(16-26)31-20-10-7-6-9-17(20)18-13-28-14-19(22(18)31)23(27)32/h6-7,9-10,13-14,21H,8,11-12,15-16H2,1-5H3,(H2,27,32)(H,29,33). The third-order valence-corrected chi connectivity index (χ3v) is 12.8. The molecule has 0 bridgehead atoms. The first-order valence-corrected chi connectivity index (χ1v) is 15.3. The Bertz CT molecular complexity index is 1330. The van der Waals surface area contributed by atoms with Crippen molar-refractivity contribution >= 4 is 41.9 Å². The van der Waals surface area contributed by atoms with Crippen LogP contribution in [-0.4, -0.2) is 55.5 Å². The number of piperidine rings is 1. The molecular weight excluding hydrogens is 458 g/mol. The summed E-state index contributed by atoms with van der Waals surface area (Å²) in [7, 11) is -2.10. The zero-order valence-corrected chi connectivity index (χ0v) is 22.2. The van der Waals surface area contributed by atoms with Crippen LogP contribution in [0.5, 0.6) is 0 Å². The van der Waals surface area contributed by atoms with Crippen molar-refractivity contribution < 1.29 is 14.0 Å². The maximum atomic E-state index is 13.4. The van der Waals surface area contributed by atoms with Crippen molar-refractivity contribution in [1.82, 2.24) is 15.0 Å². The summed E-state index contributed by atoms with van der Waals surface area (Å²) in [6.45, 7) is 12.9. The predicted molar refractivity (Wildman–Crippen MR) is 140 cm³/mol. The van der Waals surface area contributed by atoms with Gasteiger partial charge in [-0.3, -0.25) is 19.2 Å². The molecule has 2 saturated heterocycles. The number of pyridine rings is 1. The van der Waals surface area contributed by atoms with Gasteiger partial charge in [-0.15, -0.1) is 0 Å². The topological polar surface area (TPSA) is 102 Å². The van der Waals surface area contributed by atoms with Crippen LogP contribution < -0.4 is 16.1 Å². The molecule has 9 heteroatoms. The molecule has 2 aromatic heterocycles. The van der Waals surface area contributed by atoms with Gasteiger partial charge in [0.05, 0.1) is 34.7 Å². The second-order valence-corrected chi connectivity index (χ2v) is 16.3. The highest BCUT2D eigenvalue weighted by molar-refractivity contribution is 6.74. The maximum Gasteiger partial charge on any atom is 0.252 e. The van der Waals surface area contributed by atoms with E-state index in [1.807, 2.05) is 24.3 Å². The van der Waals surface area contributed by atoms with Gasteiger partial charge in [0, 0.05) is 36.3 Å². The Kier molecular flexibility index (Phi) is 5.48. The highest BCUT2D eigenvalue weighted by atomic mass is 28.4. The Labute approximate surface area is 206 Å². The first-order chi connectivity index (χ1) is 16.5. The summed E-state index contributed by atoms with van der Waals surface area (Å²) in [5, 5.41) is 7.24. The smallest absolute Gasteiger partial charge is 0.252 e. The lowest BCUT2D eigenvalue weighted by Gasteiger charge is -2.47. The summed E-state index contributed by atoms with van der Waals surface area (Å²) in [5.74, 6) is -0.458. The largest absolute Gasteiger partial charge is 0.411 e. The van der Waals surface area contributed by atoms with E-state index in [-0.39, 0.29) is 17.0 Å². The number of nitrogens with zero attached hydrogens (tertiary/aromatic N) is 3. The van der Waals surface area contributed by atoms with Crippen molar-refractivity contribution in [2.45, 2.75) is 57.8 Å². The summed E-state index contributed by atoms with van der Waals surface area (Å²) < 4.78 is 8.95. The number of amides is 2. The molecule has 2 fully saturated rings. The van der Waals surface area contributed by atoms with Crippen LogP contribution >= 0.6 is 0 Å². The first-order valence-electron chi connectivity index (χ1n) is 12.3. The van der Waals surface area contributed by atoms with Crippen LogP contribution in [0.25, 0.3) is 21.8 Å². The van der Waals surface area contributed by atoms with Crippen LogP contribution in [-0.2, 0) is 9.22 Å². The van der Waals surface area contributed by atoms with E-state index in [0.717, 1.165) is 41.2 Å². The van der Waals surface area contributed by atoms with E-state index in [1.54, 1.807) is 6.20 Å². The van der Waals surface area contributed by atoms with Crippen molar-refractivity contribution in [3.8, 4) is 0 Å². The Hall–Kier alpha value is -2.91. The lowest BCUT2D eigenvalue weighted by molar-refractivity contribution is -0.131. The van der Waals surface area contributed by atoms with Gasteiger partial charge < -0.3 is 20.5 Å². The van der Waals surface area contributed by atoms with Crippen LogP contribution in [0.3, 0.4) is 0 Å². The van der Waals surface area contributed by atoms with E-state index in [9.17, 15) is 9.59 Å². The van der Waals surface area contributed by atoms with Gasteiger partial charge in [0.15, 0.2) is 8.32 Å². The van der Waals surface area contributed by atoms with Crippen molar-refractivity contribution in [1.29, 1.82) is 0 Å². The molecule has 4 heterocycles. The van der Waals surface area contributed by atoms with Gasteiger partial charge in [0.1, 0.15) is 0 Å².